The Labute approximate surface area is 301 Å². The Kier molecular flexibility index (Phi) is 6.01. The second kappa shape index (κ2) is 10.7. The molecule has 0 spiro atoms. The summed E-state index contributed by atoms with van der Waals surface area (Å²) in [5, 5.41) is 6.72. The van der Waals surface area contributed by atoms with Crippen molar-refractivity contribution in [1.82, 2.24) is 0 Å². The lowest BCUT2D eigenvalue weighted by Gasteiger charge is -2.30. The molecule has 1 aliphatic rings. The smallest absolute Gasteiger partial charge is 0.159 e. The zero-order chi connectivity index (χ0) is 34.6. The van der Waals surface area contributed by atoms with Gasteiger partial charge in [0.25, 0.3) is 0 Å². The molecule has 1 aliphatic carbocycles. The van der Waals surface area contributed by atoms with Crippen molar-refractivity contribution in [1.29, 1.82) is 0 Å². The lowest BCUT2D eigenvalue weighted by molar-refractivity contribution is 0.660. The van der Waals surface area contributed by atoms with Crippen LogP contribution in [-0.4, -0.2) is 0 Å². The molecule has 52 heavy (non-hydrogen) atoms. The van der Waals surface area contributed by atoms with E-state index in [0.29, 0.717) is 0 Å². The summed E-state index contributed by atoms with van der Waals surface area (Å²) >= 11 is 0. The number of nitrogens with zero attached hydrogens (tertiary/aromatic N) is 1. The van der Waals surface area contributed by atoms with Gasteiger partial charge in [0, 0.05) is 43.6 Å². The minimum Gasteiger partial charge on any atom is -0.455 e. The highest BCUT2D eigenvalue weighted by atomic mass is 16.3. The molecule has 2 heterocycles. The lowest BCUT2D eigenvalue weighted by Crippen LogP contribution is -2.17. The number of furan rings is 2. The van der Waals surface area contributed by atoms with Crippen LogP contribution in [0.1, 0.15) is 25.0 Å². The van der Waals surface area contributed by atoms with Crippen LogP contribution in [-0.2, 0) is 5.41 Å². The fourth-order valence-electron chi connectivity index (χ4n) is 8.82. The van der Waals surface area contributed by atoms with E-state index in [1.54, 1.807) is 0 Å². The molecule has 0 saturated heterocycles. The van der Waals surface area contributed by atoms with Crippen LogP contribution in [0.15, 0.2) is 173 Å². The van der Waals surface area contributed by atoms with Gasteiger partial charge in [0.05, 0.1) is 11.4 Å². The van der Waals surface area contributed by atoms with E-state index in [-0.39, 0.29) is 5.41 Å². The molecular weight excluding hydrogens is 635 g/mol. The highest BCUT2D eigenvalue weighted by Crippen LogP contribution is 2.52. The standard InChI is InChI=1S/C49H33NO2/c1-49(2)40-20-8-5-15-33(40)34-28-26-31(29-41(34)49)50(43-22-11-19-38-36-17-7-10-23-44(36)51-48(38)43)42-21-9-6-16-35(42)37-18-12-24-45-46(37)39-27-25-30-13-3-4-14-32(30)47(39)52-45/h3-29H,1-2H3. The van der Waals surface area contributed by atoms with Crippen LogP contribution < -0.4 is 4.90 Å². The van der Waals surface area contributed by atoms with Gasteiger partial charge in [-0.2, -0.15) is 0 Å². The Morgan fingerprint density at radius 1 is 0.423 bits per heavy atom. The van der Waals surface area contributed by atoms with Crippen molar-refractivity contribution in [3.05, 3.63) is 175 Å². The van der Waals surface area contributed by atoms with Crippen molar-refractivity contribution >= 4 is 71.7 Å². The average Bonchev–Trinajstić information content (AvgIpc) is 3.84. The van der Waals surface area contributed by atoms with Crippen LogP contribution in [0.5, 0.6) is 0 Å². The van der Waals surface area contributed by atoms with E-state index in [4.69, 9.17) is 8.83 Å². The van der Waals surface area contributed by atoms with Gasteiger partial charge in [-0.15, -0.1) is 0 Å². The Balaban J connectivity index is 1.20. The fraction of sp³-hybridized carbons (Fsp3) is 0.0612. The number of benzene rings is 8. The lowest BCUT2D eigenvalue weighted by atomic mass is 9.82. The number of hydrogen-bond acceptors (Lipinski definition) is 3. The number of anilines is 3. The minimum absolute atomic E-state index is 0.150. The SMILES string of the molecule is CC1(C)c2ccccc2-c2ccc(N(c3ccccc3-c3cccc4oc5c6ccccc6ccc5c34)c3cccc4c3oc3ccccc34)cc21. The normalized spacial score (nSPS) is 13.3. The fourth-order valence-corrected chi connectivity index (χ4v) is 8.82. The van der Waals surface area contributed by atoms with E-state index in [2.05, 4.69) is 176 Å². The maximum absolute atomic E-state index is 6.74. The Bertz CT molecular complexity index is 3070. The van der Waals surface area contributed by atoms with Crippen LogP contribution >= 0.6 is 0 Å². The first-order chi connectivity index (χ1) is 25.6. The van der Waals surface area contributed by atoms with Crippen LogP contribution in [0.3, 0.4) is 0 Å². The average molecular weight is 668 g/mol. The third-order valence-corrected chi connectivity index (χ3v) is 11.3. The van der Waals surface area contributed by atoms with Crippen molar-refractivity contribution in [3.63, 3.8) is 0 Å². The molecule has 0 amide bonds. The number of fused-ring (bicyclic) bond motifs is 11. The molecule has 0 radical (unpaired) electrons. The number of para-hydroxylation sites is 3. The molecule has 11 rings (SSSR count). The largest absolute Gasteiger partial charge is 0.455 e. The molecule has 0 aliphatic heterocycles. The van der Waals surface area contributed by atoms with Gasteiger partial charge in [-0.1, -0.05) is 135 Å². The molecule has 10 aromatic rings. The zero-order valence-electron chi connectivity index (χ0n) is 28.9. The molecule has 2 aromatic heterocycles. The third-order valence-electron chi connectivity index (χ3n) is 11.3. The van der Waals surface area contributed by atoms with Gasteiger partial charge in [0.1, 0.15) is 16.7 Å². The van der Waals surface area contributed by atoms with Gasteiger partial charge in [0.15, 0.2) is 5.58 Å². The number of hydrogen-bond donors (Lipinski definition) is 0. The monoisotopic (exact) mass is 667 g/mol. The minimum atomic E-state index is -0.150. The highest BCUT2D eigenvalue weighted by Gasteiger charge is 2.36. The van der Waals surface area contributed by atoms with Crippen molar-refractivity contribution in [2.24, 2.45) is 0 Å². The summed E-state index contributed by atoms with van der Waals surface area (Å²) in [6.07, 6.45) is 0. The second-order valence-electron chi connectivity index (χ2n) is 14.4. The van der Waals surface area contributed by atoms with E-state index >= 15 is 0 Å². The molecule has 8 aromatic carbocycles. The summed E-state index contributed by atoms with van der Waals surface area (Å²) in [5.74, 6) is 0. The molecule has 0 N–H and O–H groups in total. The first kappa shape index (κ1) is 29.2. The highest BCUT2D eigenvalue weighted by molar-refractivity contribution is 6.20. The van der Waals surface area contributed by atoms with Crippen LogP contribution in [0, 0.1) is 0 Å². The van der Waals surface area contributed by atoms with Gasteiger partial charge in [-0.25, -0.2) is 0 Å². The molecule has 0 atom stereocenters. The van der Waals surface area contributed by atoms with E-state index in [9.17, 15) is 0 Å². The molecule has 0 fully saturated rings. The first-order valence-corrected chi connectivity index (χ1v) is 17.9. The predicted octanol–water partition coefficient (Wildman–Crippen LogP) is 14.1. The topological polar surface area (TPSA) is 29.5 Å². The Morgan fingerprint density at radius 2 is 1.08 bits per heavy atom. The summed E-state index contributed by atoms with van der Waals surface area (Å²) < 4.78 is 13.4. The van der Waals surface area contributed by atoms with Crippen LogP contribution in [0.25, 0.3) is 76.9 Å². The summed E-state index contributed by atoms with van der Waals surface area (Å²) in [7, 11) is 0. The quantitative estimate of drug-likeness (QED) is 0.187. The van der Waals surface area contributed by atoms with Crippen LogP contribution in [0.2, 0.25) is 0 Å². The van der Waals surface area contributed by atoms with Crippen molar-refractivity contribution < 1.29 is 8.83 Å². The van der Waals surface area contributed by atoms with E-state index in [1.807, 2.05) is 6.07 Å². The van der Waals surface area contributed by atoms with Gasteiger partial charge >= 0.3 is 0 Å². The number of rotatable bonds is 4. The molecule has 0 unspecified atom stereocenters. The van der Waals surface area contributed by atoms with Crippen molar-refractivity contribution in [2.45, 2.75) is 19.3 Å². The summed E-state index contributed by atoms with van der Waals surface area (Å²) in [6, 6.07) is 58.7. The Morgan fingerprint density at radius 3 is 2.00 bits per heavy atom. The molecule has 246 valence electrons. The van der Waals surface area contributed by atoms with E-state index in [0.717, 1.165) is 77.5 Å². The molecule has 3 heteroatoms. The zero-order valence-corrected chi connectivity index (χ0v) is 28.9. The van der Waals surface area contributed by atoms with E-state index < -0.39 is 0 Å². The molecular formula is C49H33NO2. The molecule has 3 nitrogen and oxygen atoms in total. The van der Waals surface area contributed by atoms with Gasteiger partial charge in [-0.3, -0.25) is 0 Å². The van der Waals surface area contributed by atoms with Gasteiger partial charge < -0.3 is 13.7 Å². The predicted molar refractivity (Wildman–Crippen MR) is 216 cm³/mol. The maximum atomic E-state index is 6.74. The third kappa shape index (κ3) is 4.02. The van der Waals surface area contributed by atoms with Gasteiger partial charge in [0.2, 0.25) is 0 Å². The maximum Gasteiger partial charge on any atom is 0.159 e. The van der Waals surface area contributed by atoms with Crippen molar-refractivity contribution in [2.75, 3.05) is 4.90 Å². The first-order valence-electron chi connectivity index (χ1n) is 17.9. The molecule has 0 saturated carbocycles. The summed E-state index contributed by atoms with van der Waals surface area (Å²) in [4.78, 5) is 2.40. The van der Waals surface area contributed by atoms with Crippen molar-refractivity contribution in [3.8, 4) is 22.3 Å². The van der Waals surface area contributed by atoms with E-state index in [1.165, 1.54) is 27.6 Å². The molecule has 0 bridgehead atoms. The van der Waals surface area contributed by atoms with Crippen LogP contribution in [0.4, 0.5) is 17.1 Å². The van der Waals surface area contributed by atoms with Gasteiger partial charge in [-0.05, 0) is 75.7 Å². The summed E-state index contributed by atoms with van der Waals surface area (Å²) in [5.41, 5.74) is 14.0. The Hall–Kier alpha value is -6.58. The summed E-state index contributed by atoms with van der Waals surface area (Å²) in [6.45, 7) is 4.68. The second-order valence-corrected chi connectivity index (χ2v) is 14.4.